The van der Waals surface area contributed by atoms with Gasteiger partial charge >= 0.3 is 0 Å². The molecule has 1 aliphatic carbocycles. The van der Waals surface area contributed by atoms with E-state index in [0.29, 0.717) is 17.2 Å². The van der Waals surface area contributed by atoms with E-state index in [0.717, 1.165) is 16.7 Å². The lowest BCUT2D eigenvalue weighted by molar-refractivity contribution is 0.279. The topological polar surface area (TPSA) is 38.9 Å². The van der Waals surface area contributed by atoms with E-state index in [1.807, 2.05) is 23.3 Å². The zero-order valence-corrected chi connectivity index (χ0v) is 10.9. The van der Waals surface area contributed by atoms with Crippen molar-refractivity contribution in [1.82, 2.24) is 4.98 Å². The molecule has 4 heteroatoms. The number of thioether (sulfide) groups is 1. The van der Waals surface area contributed by atoms with E-state index >= 15 is 0 Å². The van der Waals surface area contributed by atoms with Crippen molar-refractivity contribution in [2.45, 2.75) is 42.3 Å². The summed E-state index contributed by atoms with van der Waals surface area (Å²) in [6, 6.07) is 0.331. The molecule has 1 saturated carbocycles. The fraction of sp³-hybridized carbons (Fsp3) is 0.727. The first-order chi connectivity index (χ1) is 7.16. The van der Waals surface area contributed by atoms with Crippen molar-refractivity contribution in [2.75, 3.05) is 0 Å². The summed E-state index contributed by atoms with van der Waals surface area (Å²) in [6.07, 6.45) is 4.33. The molecule has 1 aliphatic rings. The molecule has 0 spiro atoms. The summed E-state index contributed by atoms with van der Waals surface area (Å²) >= 11 is 3.59. The summed E-state index contributed by atoms with van der Waals surface area (Å²) in [5.41, 5.74) is 6.23. The van der Waals surface area contributed by atoms with Crippen LogP contribution in [0.2, 0.25) is 0 Å². The predicted molar refractivity (Wildman–Crippen MR) is 67.3 cm³/mol. The smallest absolute Gasteiger partial charge is 0.150 e. The van der Waals surface area contributed by atoms with Crippen molar-refractivity contribution in [2.24, 2.45) is 17.6 Å². The highest BCUT2D eigenvalue weighted by atomic mass is 32.2. The van der Waals surface area contributed by atoms with Crippen LogP contribution in [0.25, 0.3) is 0 Å². The third-order valence-electron chi connectivity index (χ3n) is 3.08. The Morgan fingerprint density at radius 1 is 1.47 bits per heavy atom. The summed E-state index contributed by atoms with van der Waals surface area (Å²) in [5, 5.41) is 2.58. The van der Waals surface area contributed by atoms with Crippen LogP contribution in [0.5, 0.6) is 0 Å². The Morgan fingerprint density at radius 3 is 2.87 bits per heavy atom. The summed E-state index contributed by atoms with van der Waals surface area (Å²) < 4.78 is 1.16. The third kappa shape index (κ3) is 2.74. The van der Waals surface area contributed by atoms with Crippen LogP contribution in [0, 0.1) is 11.8 Å². The van der Waals surface area contributed by atoms with E-state index in [2.05, 4.69) is 18.8 Å². The number of aromatic nitrogens is 1. The van der Waals surface area contributed by atoms with Crippen molar-refractivity contribution < 1.29 is 0 Å². The average Bonchev–Trinajstić information content (AvgIpc) is 2.63. The second kappa shape index (κ2) is 4.85. The molecule has 4 atom stereocenters. The van der Waals surface area contributed by atoms with Gasteiger partial charge in [0.15, 0.2) is 0 Å². The van der Waals surface area contributed by atoms with Crippen LogP contribution >= 0.6 is 23.1 Å². The Kier molecular flexibility index (Phi) is 3.69. The van der Waals surface area contributed by atoms with Crippen LogP contribution in [0.1, 0.15) is 26.7 Å². The number of hydrogen-bond donors (Lipinski definition) is 1. The van der Waals surface area contributed by atoms with Crippen molar-refractivity contribution in [3.63, 3.8) is 0 Å². The van der Waals surface area contributed by atoms with Crippen LogP contribution in [0.4, 0.5) is 0 Å². The maximum Gasteiger partial charge on any atom is 0.150 e. The van der Waals surface area contributed by atoms with E-state index in [-0.39, 0.29) is 0 Å². The molecule has 0 aromatic carbocycles. The highest BCUT2D eigenvalue weighted by Crippen LogP contribution is 2.39. The van der Waals surface area contributed by atoms with Gasteiger partial charge in [-0.2, -0.15) is 0 Å². The lowest BCUT2D eigenvalue weighted by atomic mass is 9.80. The van der Waals surface area contributed by atoms with Crippen molar-refractivity contribution >= 4 is 23.1 Å². The molecule has 4 unspecified atom stereocenters. The molecule has 1 heterocycles. The van der Waals surface area contributed by atoms with Crippen LogP contribution in [0.3, 0.4) is 0 Å². The maximum atomic E-state index is 6.23. The minimum absolute atomic E-state index is 0.331. The van der Waals surface area contributed by atoms with E-state index in [1.165, 1.54) is 6.42 Å². The van der Waals surface area contributed by atoms with Crippen LogP contribution < -0.4 is 5.73 Å². The van der Waals surface area contributed by atoms with E-state index < -0.39 is 0 Å². The molecule has 0 amide bonds. The van der Waals surface area contributed by atoms with E-state index in [4.69, 9.17) is 5.73 Å². The van der Waals surface area contributed by atoms with Gasteiger partial charge in [0.25, 0.3) is 0 Å². The molecular weight excluding hydrogens is 224 g/mol. The van der Waals surface area contributed by atoms with Crippen molar-refractivity contribution in [3.05, 3.63) is 11.6 Å². The lowest BCUT2D eigenvalue weighted by Crippen LogP contribution is -2.42. The van der Waals surface area contributed by atoms with Gasteiger partial charge in [0, 0.05) is 22.9 Å². The molecule has 0 bridgehead atoms. The zero-order valence-electron chi connectivity index (χ0n) is 9.22. The summed E-state index contributed by atoms with van der Waals surface area (Å²) in [5.74, 6) is 1.49. The van der Waals surface area contributed by atoms with E-state index in [1.54, 1.807) is 11.3 Å². The fourth-order valence-corrected chi connectivity index (χ4v) is 4.54. The largest absolute Gasteiger partial charge is 0.327 e. The normalized spacial score (nSPS) is 36.7. The number of nitrogens with zero attached hydrogens (tertiary/aromatic N) is 1. The average molecular weight is 242 g/mol. The van der Waals surface area contributed by atoms with Crippen molar-refractivity contribution in [1.29, 1.82) is 0 Å². The first-order valence-electron chi connectivity index (χ1n) is 5.48. The van der Waals surface area contributed by atoms with E-state index in [9.17, 15) is 0 Å². The standard InChI is InChI=1S/C11H18N2S2/c1-7-5-8(2)10(9(12)6-7)15-11-13-3-4-14-11/h3-4,7-10H,5-6,12H2,1-2H3. The highest BCUT2D eigenvalue weighted by molar-refractivity contribution is 8.01. The Hall–Kier alpha value is -0.0600. The minimum atomic E-state index is 0.331. The Labute approximate surface area is 99.7 Å². The molecule has 1 fully saturated rings. The monoisotopic (exact) mass is 242 g/mol. The molecule has 1 aromatic heterocycles. The molecule has 1 aromatic rings. The molecule has 2 nitrogen and oxygen atoms in total. The third-order valence-corrected chi connectivity index (χ3v) is 5.61. The summed E-state index contributed by atoms with van der Waals surface area (Å²) in [6.45, 7) is 4.63. The molecule has 15 heavy (non-hydrogen) atoms. The van der Waals surface area contributed by atoms with Crippen molar-refractivity contribution in [3.8, 4) is 0 Å². The highest BCUT2D eigenvalue weighted by Gasteiger charge is 2.32. The fourth-order valence-electron chi connectivity index (χ4n) is 2.47. The summed E-state index contributed by atoms with van der Waals surface area (Å²) in [4.78, 5) is 4.32. The number of rotatable bonds is 2. The SMILES string of the molecule is CC1CC(C)C(Sc2nccs2)C(N)C1. The van der Waals surface area contributed by atoms with Gasteiger partial charge in [0.2, 0.25) is 0 Å². The van der Waals surface area contributed by atoms with Crippen LogP contribution in [-0.4, -0.2) is 16.3 Å². The second-order valence-corrected chi connectivity index (χ2v) is 6.92. The van der Waals surface area contributed by atoms with Gasteiger partial charge in [0.1, 0.15) is 4.34 Å². The minimum Gasteiger partial charge on any atom is -0.327 e. The molecule has 0 radical (unpaired) electrons. The number of thiazole rings is 1. The van der Waals surface area contributed by atoms with Gasteiger partial charge in [-0.1, -0.05) is 25.6 Å². The molecular formula is C11H18N2S2. The first kappa shape index (κ1) is 11.4. The lowest BCUT2D eigenvalue weighted by Gasteiger charge is -2.36. The Morgan fingerprint density at radius 2 is 2.27 bits per heavy atom. The number of hydrogen-bond acceptors (Lipinski definition) is 4. The van der Waals surface area contributed by atoms with Crippen LogP contribution in [0.15, 0.2) is 15.9 Å². The molecule has 2 N–H and O–H groups in total. The summed E-state index contributed by atoms with van der Waals surface area (Å²) in [7, 11) is 0. The van der Waals surface area contributed by atoms with Gasteiger partial charge in [-0.3, -0.25) is 0 Å². The molecule has 0 aliphatic heterocycles. The Balaban J connectivity index is 2.01. The van der Waals surface area contributed by atoms with Gasteiger partial charge in [-0.15, -0.1) is 11.3 Å². The van der Waals surface area contributed by atoms with Crippen LogP contribution in [-0.2, 0) is 0 Å². The van der Waals surface area contributed by atoms with Gasteiger partial charge in [-0.25, -0.2) is 4.98 Å². The van der Waals surface area contributed by atoms with Gasteiger partial charge in [-0.05, 0) is 24.7 Å². The molecule has 84 valence electrons. The van der Waals surface area contributed by atoms with Gasteiger partial charge in [0.05, 0.1) is 0 Å². The number of nitrogens with two attached hydrogens (primary N) is 1. The zero-order chi connectivity index (χ0) is 10.8. The molecule has 0 saturated heterocycles. The maximum absolute atomic E-state index is 6.23. The Bertz CT molecular complexity index is 288. The van der Waals surface area contributed by atoms with Gasteiger partial charge < -0.3 is 5.73 Å². The quantitative estimate of drug-likeness (QED) is 0.866. The predicted octanol–water partition coefficient (Wildman–Crippen LogP) is 3.00. The first-order valence-corrected chi connectivity index (χ1v) is 7.24. The molecule has 2 rings (SSSR count). The second-order valence-electron chi connectivity index (χ2n) is 4.60.